The number of para-hydroxylation sites is 1. The maximum Gasteiger partial charge on any atom is 0.162 e. The number of fused-ring (bicyclic) bond motifs is 1. The molecule has 3 aromatic carbocycles. The van der Waals surface area contributed by atoms with Gasteiger partial charge in [0.1, 0.15) is 11.5 Å². The van der Waals surface area contributed by atoms with Crippen molar-refractivity contribution in [2.45, 2.75) is 12.1 Å². The summed E-state index contributed by atoms with van der Waals surface area (Å²) in [6.45, 7) is 0. The first-order valence-electron chi connectivity index (χ1n) is 10.7. The van der Waals surface area contributed by atoms with E-state index in [-0.39, 0.29) is 0 Å². The van der Waals surface area contributed by atoms with E-state index in [0.29, 0.717) is 5.82 Å². The predicted octanol–water partition coefficient (Wildman–Crippen LogP) is 4.87. The van der Waals surface area contributed by atoms with Crippen LogP contribution in [-0.4, -0.2) is 22.7 Å². The highest BCUT2D eigenvalue weighted by molar-refractivity contribution is 5.91. The number of aromatic nitrogens is 2. The second kappa shape index (κ2) is 8.65. The van der Waals surface area contributed by atoms with Gasteiger partial charge in [-0.25, -0.2) is 9.97 Å². The lowest BCUT2D eigenvalue weighted by atomic mass is 9.96. The molecule has 4 aromatic rings. The van der Waals surface area contributed by atoms with E-state index in [1.165, 1.54) is 5.56 Å². The zero-order valence-electron chi connectivity index (χ0n) is 17.9. The number of dihydropyridines is 1. The summed E-state index contributed by atoms with van der Waals surface area (Å²) in [6, 6.07) is 28.6. The Labute approximate surface area is 187 Å². The van der Waals surface area contributed by atoms with Crippen molar-refractivity contribution in [1.29, 1.82) is 0 Å². The van der Waals surface area contributed by atoms with Crippen LogP contribution >= 0.6 is 0 Å². The molecule has 0 saturated heterocycles. The fraction of sp³-hybridized carbons (Fsp3) is 0.111. The molecule has 32 heavy (non-hydrogen) atoms. The van der Waals surface area contributed by atoms with E-state index in [9.17, 15) is 0 Å². The number of hydrogen-bond donors (Lipinski definition) is 3. The van der Waals surface area contributed by atoms with E-state index >= 15 is 0 Å². The van der Waals surface area contributed by atoms with Gasteiger partial charge in [-0.15, -0.1) is 0 Å². The van der Waals surface area contributed by atoms with Crippen LogP contribution in [0.25, 0.3) is 22.3 Å². The Kier molecular flexibility index (Phi) is 5.40. The van der Waals surface area contributed by atoms with E-state index < -0.39 is 5.66 Å². The largest absolute Gasteiger partial charge is 0.370 e. The molecule has 0 radical (unpaired) electrons. The molecule has 1 aliphatic rings. The third-order valence-corrected chi connectivity index (χ3v) is 5.68. The summed E-state index contributed by atoms with van der Waals surface area (Å²) in [5.41, 5.74) is 3.72. The van der Waals surface area contributed by atoms with Gasteiger partial charge in [0.05, 0.1) is 5.52 Å². The fourth-order valence-corrected chi connectivity index (χ4v) is 3.99. The number of nitrogens with zero attached hydrogens (tertiary/aromatic N) is 2. The summed E-state index contributed by atoms with van der Waals surface area (Å²) >= 11 is 0. The molecule has 158 valence electrons. The predicted molar refractivity (Wildman–Crippen MR) is 131 cm³/mol. The molecule has 0 fully saturated rings. The fourth-order valence-electron chi connectivity index (χ4n) is 3.99. The van der Waals surface area contributed by atoms with Crippen LogP contribution in [0.4, 0.5) is 5.82 Å². The second-order valence-corrected chi connectivity index (χ2v) is 7.87. The summed E-state index contributed by atoms with van der Waals surface area (Å²) < 4.78 is 0. The van der Waals surface area contributed by atoms with Gasteiger partial charge in [-0.2, -0.15) is 0 Å². The quantitative estimate of drug-likeness (QED) is 0.416. The average Bonchev–Trinajstić information content (AvgIpc) is 2.85. The number of nitrogens with one attached hydrogen (secondary N) is 3. The van der Waals surface area contributed by atoms with Crippen molar-refractivity contribution in [3.05, 3.63) is 115 Å². The van der Waals surface area contributed by atoms with Crippen molar-refractivity contribution in [3.63, 3.8) is 0 Å². The molecule has 2 heterocycles. The summed E-state index contributed by atoms with van der Waals surface area (Å²) in [5.74, 6) is 1.49. The minimum atomic E-state index is -0.399. The van der Waals surface area contributed by atoms with Crippen LogP contribution in [0.5, 0.6) is 0 Å². The summed E-state index contributed by atoms with van der Waals surface area (Å²) in [4.78, 5) is 9.67. The average molecular weight is 420 g/mol. The molecular formula is C27H25N5. The Bertz CT molecular complexity index is 1280. The number of rotatable bonds is 6. The zero-order chi connectivity index (χ0) is 21.8. The van der Waals surface area contributed by atoms with Crippen LogP contribution in [-0.2, 0) is 6.42 Å². The number of allylic oxidation sites excluding steroid dienone is 1. The molecule has 5 rings (SSSR count). The number of likely N-dealkylation sites (N-methyl/N-ethyl adjacent to an activating group) is 1. The first kappa shape index (κ1) is 20.0. The van der Waals surface area contributed by atoms with Gasteiger partial charge in [0.2, 0.25) is 0 Å². The molecule has 0 aliphatic carbocycles. The molecule has 0 amide bonds. The maximum atomic E-state index is 4.89. The zero-order valence-corrected chi connectivity index (χ0v) is 17.9. The van der Waals surface area contributed by atoms with E-state index in [4.69, 9.17) is 9.97 Å². The van der Waals surface area contributed by atoms with Gasteiger partial charge in [-0.3, -0.25) is 5.32 Å². The first-order valence-corrected chi connectivity index (χ1v) is 10.7. The summed E-state index contributed by atoms with van der Waals surface area (Å²) in [6.07, 6.45) is 6.99. The smallest absolute Gasteiger partial charge is 0.162 e. The Balaban J connectivity index is 1.52. The minimum absolute atomic E-state index is 0.399. The minimum Gasteiger partial charge on any atom is -0.370 e. The van der Waals surface area contributed by atoms with Gasteiger partial charge in [0.25, 0.3) is 0 Å². The van der Waals surface area contributed by atoms with E-state index in [2.05, 4.69) is 46.3 Å². The topological polar surface area (TPSA) is 61.9 Å². The number of benzene rings is 3. The standard InChI is InChI=1S/C27H25N5/c1-28-27(18-20-10-4-2-5-11-20)19-22(16-17-29-27)30-26-23-14-8-9-15-24(23)31-25(32-26)21-12-6-3-7-13-21/h2-17,19,28-29H,18H2,1H3,(H,30,31,32). The lowest BCUT2D eigenvalue weighted by molar-refractivity contribution is 0.382. The molecule has 1 unspecified atom stereocenters. The van der Waals surface area contributed by atoms with Crippen molar-refractivity contribution in [3.8, 4) is 11.4 Å². The Morgan fingerprint density at radius 2 is 1.56 bits per heavy atom. The summed E-state index contributed by atoms with van der Waals surface area (Å²) in [7, 11) is 1.97. The van der Waals surface area contributed by atoms with Crippen molar-refractivity contribution < 1.29 is 0 Å². The van der Waals surface area contributed by atoms with Gasteiger partial charge in [-0.1, -0.05) is 72.8 Å². The Morgan fingerprint density at radius 1 is 0.844 bits per heavy atom. The van der Waals surface area contributed by atoms with Crippen molar-refractivity contribution >= 4 is 16.7 Å². The van der Waals surface area contributed by atoms with Gasteiger partial charge in [0.15, 0.2) is 5.82 Å². The van der Waals surface area contributed by atoms with E-state index in [0.717, 1.165) is 34.4 Å². The van der Waals surface area contributed by atoms with Gasteiger partial charge in [-0.05, 0) is 36.9 Å². The van der Waals surface area contributed by atoms with Gasteiger partial charge >= 0.3 is 0 Å². The van der Waals surface area contributed by atoms with Crippen LogP contribution in [0.2, 0.25) is 0 Å². The van der Waals surface area contributed by atoms with Crippen LogP contribution in [0.1, 0.15) is 5.56 Å². The maximum absolute atomic E-state index is 4.89. The number of anilines is 1. The monoisotopic (exact) mass is 419 g/mol. The highest BCUT2D eigenvalue weighted by Crippen LogP contribution is 2.27. The SMILES string of the molecule is CNC1(Cc2ccccc2)C=C(Nc2nc(-c3ccccc3)nc3ccccc23)C=CN1. The third-order valence-electron chi connectivity index (χ3n) is 5.68. The first-order chi connectivity index (χ1) is 15.7. The molecule has 5 nitrogen and oxygen atoms in total. The lowest BCUT2D eigenvalue weighted by Crippen LogP contribution is -2.55. The Morgan fingerprint density at radius 3 is 2.34 bits per heavy atom. The lowest BCUT2D eigenvalue weighted by Gasteiger charge is -2.34. The molecule has 5 heteroatoms. The van der Waals surface area contributed by atoms with Gasteiger partial charge < -0.3 is 10.6 Å². The van der Waals surface area contributed by atoms with Crippen LogP contribution in [0.3, 0.4) is 0 Å². The molecule has 1 atom stereocenters. The van der Waals surface area contributed by atoms with E-state index in [1.54, 1.807) is 0 Å². The molecule has 0 saturated carbocycles. The number of hydrogen-bond acceptors (Lipinski definition) is 5. The van der Waals surface area contributed by atoms with Crippen LogP contribution in [0.15, 0.2) is 109 Å². The van der Waals surface area contributed by atoms with E-state index in [1.807, 2.05) is 80.0 Å². The Hall–Kier alpha value is -3.96. The van der Waals surface area contributed by atoms with Crippen molar-refractivity contribution in [1.82, 2.24) is 20.6 Å². The highest BCUT2D eigenvalue weighted by Gasteiger charge is 2.27. The van der Waals surface area contributed by atoms with Crippen molar-refractivity contribution in [2.75, 3.05) is 12.4 Å². The van der Waals surface area contributed by atoms with Crippen molar-refractivity contribution in [2.24, 2.45) is 0 Å². The normalized spacial score (nSPS) is 17.6. The third kappa shape index (κ3) is 4.11. The molecule has 3 N–H and O–H groups in total. The molecule has 1 aromatic heterocycles. The molecular weight excluding hydrogens is 394 g/mol. The molecule has 0 bridgehead atoms. The highest BCUT2D eigenvalue weighted by atomic mass is 15.2. The van der Waals surface area contributed by atoms with Crippen LogP contribution in [0, 0.1) is 0 Å². The summed E-state index contributed by atoms with van der Waals surface area (Å²) in [5, 5.41) is 11.5. The van der Waals surface area contributed by atoms with Crippen LogP contribution < -0.4 is 16.0 Å². The van der Waals surface area contributed by atoms with Gasteiger partial charge in [0, 0.05) is 29.3 Å². The molecule has 0 spiro atoms. The molecule has 1 aliphatic heterocycles. The second-order valence-electron chi connectivity index (χ2n) is 7.87.